The number of hydrazine groups is 1. The number of carbonyl (C=O) groups is 3. The second-order valence-corrected chi connectivity index (χ2v) is 6.64. The third-order valence-electron chi connectivity index (χ3n) is 4.26. The number of hydrogen-bond donors (Lipinski definition) is 2. The highest BCUT2D eigenvalue weighted by molar-refractivity contribution is 7.80. The van der Waals surface area contributed by atoms with Crippen LogP contribution < -0.4 is 10.7 Å². The number of benzene rings is 2. The molecule has 1 saturated heterocycles. The lowest BCUT2D eigenvalue weighted by molar-refractivity contribution is -0.130. The Kier molecular flexibility index (Phi) is 5.83. The van der Waals surface area contributed by atoms with Crippen molar-refractivity contribution in [3.8, 4) is 0 Å². The standard InChI is InChI=1S/C19H16F2N4O3S/c1-24-18(28)15(10-16(26)22-14-8-6-13(21)7-9-14)25(19(24)29)23-17(27)11-2-4-12(20)5-3-11/h2-9,15H,10H2,1H3,(H,22,26)(H,23,27). The molecule has 1 atom stereocenters. The van der Waals surface area contributed by atoms with Crippen LogP contribution in [-0.4, -0.2) is 45.8 Å². The van der Waals surface area contributed by atoms with Crippen molar-refractivity contribution in [2.75, 3.05) is 12.4 Å². The van der Waals surface area contributed by atoms with Crippen molar-refractivity contribution in [3.63, 3.8) is 0 Å². The molecule has 0 bridgehead atoms. The van der Waals surface area contributed by atoms with E-state index < -0.39 is 35.4 Å². The number of halogens is 2. The minimum absolute atomic E-state index is 0.0186. The number of hydrogen-bond acceptors (Lipinski definition) is 4. The van der Waals surface area contributed by atoms with Gasteiger partial charge in [-0.15, -0.1) is 0 Å². The van der Waals surface area contributed by atoms with Crippen LogP contribution in [0.25, 0.3) is 0 Å². The first-order chi connectivity index (χ1) is 13.8. The van der Waals surface area contributed by atoms with Gasteiger partial charge in [-0.2, -0.15) is 0 Å². The van der Waals surface area contributed by atoms with E-state index in [4.69, 9.17) is 12.2 Å². The van der Waals surface area contributed by atoms with Crippen LogP contribution in [-0.2, 0) is 9.59 Å². The van der Waals surface area contributed by atoms with Crippen LogP contribution in [0.5, 0.6) is 0 Å². The quantitative estimate of drug-likeness (QED) is 0.727. The van der Waals surface area contributed by atoms with Crippen molar-refractivity contribution in [3.05, 3.63) is 65.7 Å². The first kappa shape index (κ1) is 20.3. The second kappa shape index (κ2) is 8.31. The molecule has 10 heteroatoms. The van der Waals surface area contributed by atoms with Crippen molar-refractivity contribution in [1.82, 2.24) is 15.3 Å². The van der Waals surface area contributed by atoms with E-state index in [0.717, 1.165) is 22.0 Å². The van der Waals surface area contributed by atoms with Gasteiger partial charge in [0.05, 0.1) is 6.42 Å². The van der Waals surface area contributed by atoms with Crippen molar-refractivity contribution in [1.29, 1.82) is 0 Å². The summed E-state index contributed by atoms with van der Waals surface area (Å²) in [6.07, 6.45) is -0.301. The van der Waals surface area contributed by atoms with E-state index in [2.05, 4.69) is 10.7 Å². The molecule has 0 saturated carbocycles. The van der Waals surface area contributed by atoms with E-state index >= 15 is 0 Å². The maximum absolute atomic E-state index is 13.0. The molecule has 3 amide bonds. The lowest BCUT2D eigenvalue weighted by Crippen LogP contribution is -2.49. The van der Waals surface area contributed by atoms with Gasteiger partial charge in [-0.3, -0.25) is 24.7 Å². The van der Waals surface area contributed by atoms with E-state index in [1.165, 1.54) is 43.4 Å². The molecule has 7 nitrogen and oxygen atoms in total. The van der Waals surface area contributed by atoms with Gasteiger partial charge in [-0.1, -0.05) is 0 Å². The lowest BCUT2D eigenvalue weighted by atomic mass is 10.2. The normalized spacial score (nSPS) is 16.2. The number of nitrogens with one attached hydrogen (secondary N) is 2. The molecule has 1 unspecified atom stereocenters. The molecule has 1 aliphatic heterocycles. The van der Waals surface area contributed by atoms with Crippen LogP contribution >= 0.6 is 12.2 Å². The maximum atomic E-state index is 13.0. The number of anilines is 1. The fraction of sp³-hybridized carbons (Fsp3) is 0.158. The fourth-order valence-electron chi connectivity index (χ4n) is 2.72. The number of amides is 3. The van der Waals surface area contributed by atoms with Gasteiger partial charge in [0, 0.05) is 18.3 Å². The van der Waals surface area contributed by atoms with E-state index in [-0.39, 0.29) is 17.1 Å². The lowest BCUT2D eigenvalue weighted by Gasteiger charge is -2.24. The molecule has 0 aliphatic carbocycles. The Hall–Kier alpha value is -3.40. The van der Waals surface area contributed by atoms with E-state index in [1.54, 1.807) is 0 Å². The molecule has 0 radical (unpaired) electrons. The summed E-state index contributed by atoms with van der Waals surface area (Å²) in [7, 11) is 1.43. The van der Waals surface area contributed by atoms with Gasteiger partial charge in [0.15, 0.2) is 5.11 Å². The van der Waals surface area contributed by atoms with Gasteiger partial charge in [0.25, 0.3) is 11.8 Å². The highest BCUT2D eigenvalue weighted by Crippen LogP contribution is 2.19. The highest BCUT2D eigenvalue weighted by atomic mass is 32.1. The first-order valence-corrected chi connectivity index (χ1v) is 8.90. The number of rotatable bonds is 5. The molecule has 2 N–H and O–H groups in total. The van der Waals surface area contributed by atoms with Crippen LogP contribution in [0.4, 0.5) is 14.5 Å². The highest BCUT2D eigenvalue weighted by Gasteiger charge is 2.42. The Morgan fingerprint density at radius 3 is 2.17 bits per heavy atom. The summed E-state index contributed by atoms with van der Waals surface area (Å²) < 4.78 is 26.0. The molecule has 150 valence electrons. The van der Waals surface area contributed by atoms with Gasteiger partial charge >= 0.3 is 0 Å². The molecule has 0 spiro atoms. The zero-order valence-corrected chi connectivity index (χ0v) is 16.0. The fourth-order valence-corrected chi connectivity index (χ4v) is 2.99. The minimum Gasteiger partial charge on any atom is -0.326 e. The molecule has 29 heavy (non-hydrogen) atoms. The zero-order chi connectivity index (χ0) is 21.1. The predicted octanol–water partition coefficient (Wildman–Crippen LogP) is 2.07. The Balaban J connectivity index is 1.72. The Morgan fingerprint density at radius 2 is 1.59 bits per heavy atom. The van der Waals surface area contributed by atoms with E-state index in [0.29, 0.717) is 5.69 Å². The Bertz CT molecular complexity index is 966. The molecule has 2 aromatic rings. The van der Waals surface area contributed by atoms with E-state index in [1.807, 2.05) is 0 Å². The smallest absolute Gasteiger partial charge is 0.269 e. The van der Waals surface area contributed by atoms with Crippen LogP contribution in [0.3, 0.4) is 0 Å². The molecule has 1 fully saturated rings. The summed E-state index contributed by atoms with van der Waals surface area (Å²) in [5, 5.41) is 3.71. The molecular weight excluding hydrogens is 402 g/mol. The van der Waals surface area contributed by atoms with Gasteiger partial charge in [-0.05, 0) is 60.7 Å². The molecule has 2 aromatic carbocycles. The van der Waals surface area contributed by atoms with Gasteiger partial charge in [-0.25, -0.2) is 13.8 Å². The number of nitrogens with zero attached hydrogens (tertiary/aromatic N) is 2. The van der Waals surface area contributed by atoms with Crippen LogP contribution in [0.15, 0.2) is 48.5 Å². The third-order valence-corrected chi connectivity index (χ3v) is 4.73. The Morgan fingerprint density at radius 1 is 1.03 bits per heavy atom. The van der Waals surface area contributed by atoms with Crippen molar-refractivity contribution in [2.45, 2.75) is 12.5 Å². The summed E-state index contributed by atoms with van der Waals surface area (Å²) >= 11 is 5.19. The Labute approximate surface area is 170 Å². The molecule has 1 aliphatic rings. The molecular formula is C19H16F2N4O3S. The van der Waals surface area contributed by atoms with Crippen molar-refractivity contribution in [2.24, 2.45) is 0 Å². The average molecular weight is 418 g/mol. The second-order valence-electron chi connectivity index (χ2n) is 6.27. The molecule has 3 rings (SSSR count). The van der Waals surface area contributed by atoms with Crippen molar-refractivity contribution < 1.29 is 23.2 Å². The zero-order valence-electron chi connectivity index (χ0n) is 15.2. The first-order valence-electron chi connectivity index (χ1n) is 8.49. The predicted molar refractivity (Wildman–Crippen MR) is 105 cm³/mol. The summed E-state index contributed by atoms with van der Waals surface area (Å²) in [5.74, 6) is -2.55. The third kappa shape index (κ3) is 4.54. The maximum Gasteiger partial charge on any atom is 0.269 e. The summed E-state index contributed by atoms with van der Waals surface area (Å²) in [5.41, 5.74) is 3.01. The SMILES string of the molecule is CN1C(=O)C(CC(=O)Nc2ccc(F)cc2)N(NC(=O)c2ccc(F)cc2)C1=S. The van der Waals surface area contributed by atoms with Crippen LogP contribution in [0.2, 0.25) is 0 Å². The summed E-state index contributed by atoms with van der Waals surface area (Å²) in [6, 6.07) is 8.91. The van der Waals surface area contributed by atoms with Gasteiger partial charge in [0.2, 0.25) is 5.91 Å². The van der Waals surface area contributed by atoms with Crippen LogP contribution in [0.1, 0.15) is 16.8 Å². The molecule has 1 heterocycles. The van der Waals surface area contributed by atoms with E-state index in [9.17, 15) is 23.2 Å². The summed E-state index contributed by atoms with van der Waals surface area (Å²) in [6.45, 7) is 0. The van der Waals surface area contributed by atoms with Gasteiger partial charge in [0.1, 0.15) is 17.7 Å². The molecule has 0 aromatic heterocycles. The number of thiocarbonyl (C=S) groups is 1. The van der Waals surface area contributed by atoms with Crippen LogP contribution in [0, 0.1) is 11.6 Å². The largest absolute Gasteiger partial charge is 0.326 e. The summed E-state index contributed by atoms with van der Waals surface area (Å²) in [4.78, 5) is 38.4. The van der Waals surface area contributed by atoms with Crippen molar-refractivity contribution >= 4 is 40.7 Å². The minimum atomic E-state index is -1.06. The van der Waals surface area contributed by atoms with Gasteiger partial charge < -0.3 is 5.32 Å². The average Bonchev–Trinajstić information content (AvgIpc) is 2.88. The number of likely N-dealkylation sites (N-methyl/N-ethyl adjacent to an activating group) is 1. The topological polar surface area (TPSA) is 81.8 Å². The monoisotopic (exact) mass is 418 g/mol. The number of carbonyl (C=O) groups excluding carboxylic acids is 3.